The van der Waals surface area contributed by atoms with E-state index >= 15 is 0 Å². The normalized spacial score (nSPS) is 29.4. The van der Waals surface area contributed by atoms with Crippen molar-refractivity contribution < 1.29 is 14.7 Å². The van der Waals surface area contributed by atoms with Crippen molar-refractivity contribution >= 4 is 17.4 Å². The highest BCUT2D eigenvalue weighted by Crippen LogP contribution is 2.33. The lowest BCUT2D eigenvalue weighted by Crippen LogP contribution is -2.32. The van der Waals surface area contributed by atoms with Crippen molar-refractivity contribution in [2.45, 2.75) is 33.0 Å². The average Bonchev–Trinajstić information content (AvgIpc) is 2.71. The number of nitrogens with two attached hydrogens (primary N) is 1. The van der Waals surface area contributed by atoms with Crippen LogP contribution in [0.1, 0.15) is 26.3 Å². The third-order valence-electron chi connectivity index (χ3n) is 4.11. The molecular weight excluding hydrogens is 270 g/mol. The highest BCUT2D eigenvalue weighted by molar-refractivity contribution is 6.05. The summed E-state index contributed by atoms with van der Waals surface area (Å²) in [7, 11) is 0. The van der Waals surface area contributed by atoms with E-state index in [0.717, 1.165) is 0 Å². The quantitative estimate of drug-likeness (QED) is 0.342. The molecule has 4 unspecified atom stereocenters. The molecular formula is C15H21N3O3. The van der Waals surface area contributed by atoms with Gasteiger partial charge in [-0.2, -0.15) is 0 Å². The van der Waals surface area contributed by atoms with Crippen molar-refractivity contribution in [3.05, 3.63) is 29.8 Å². The number of carbonyl (C=O) groups is 1. The molecule has 0 saturated carbocycles. The Balaban J connectivity index is 2.21. The summed E-state index contributed by atoms with van der Waals surface area (Å²) in [6, 6.07) is 6.95. The Morgan fingerprint density at radius 3 is 2.52 bits per heavy atom. The maximum atomic E-state index is 12.5. The van der Waals surface area contributed by atoms with Gasteiger partial charge in [-0.1, -0.05) is 24.2 Å². The highest BCUT2D eigenvalue weighted by Gasteiger charge is 2.41. The van der Waals surface area contributed by atoms with Gasteiger partial charge in [-0.3, -0.25) is 4.79 Å². The molecule has 1 amide bonds. The minimum Gasteiger partial charge on any atom is -0.409 e. The summed E-state index contributed by atoms with van der Waals surface area (Å²) in [6.07, 6.45) is -0.0823. The van der Waals surface area contributed by atoms with E-state index in [2.05, 4.69) is 10.5 Å². The molecule has 1 fully saturated rings. The zero-order valence-corrected chi connectivity index (χ0v) is 12.4. The first kappa shape index (κ1) is 15.3. The second kappa shape index (κ2) is 6.13. The third kappa shape index (κ3) is 3.00. The van der Waals surface area contributed by atoms with Gasteiger partial charge < -0.3 is 21.0 Å². The molecule has 0 spiro atoms. The highest BCUT2D eigenvalue weighted by atomic mass is 16.5. The molecule has 1 heterocycles. The van der Waals surface area contributed by atoms with Gasteiger partial charge in [-0.25, -0.2) is 0 Å². The lowest BCUT2D eigenvalue weighted by Gasteiger charge is -2.19. The van der Waals surface area contributed by atoms with Gasteiger partial charge in [0, 0.05) is 5.56 Å². The maximum Gasteiger partial charge on any atom is 0.230 e. The van der Waals surface area contributed by atoms with Crippen LogP contribution in [0.3, 0.4) is 0 Å². The number of carbonyl (C=O) groups excluding carboxylic acids is 1. The first-order valence-electron chi connectivity index (χ1n) is 6.99. The average molecular weight is 291 g/mol. The van der Waals surface area contributed by atoms with Crippen molar-refractivity contribution in [3.63, 3.8) is 0 Å². The fourth-order valence-corrected chi connectivity index (χ4v) is 2.80. The first-order chi connectivity index (χ1) is 9.95. The number of hydrogen-bond donors (Lipinski definition) is 3. The minimum atomic E-state index is -0.222. The molecule has 0 bridgehead atoms. The summed E-state index contributed by atoms with van der Waals surface area (Å²) in [4.78, 5) is 12.5. The Morgan fingerprint density at radius 1 is 1.29 bits per heavy atom. The predicted octanol–water partition coefficient (Wildman–Crippen LogP) is 1.78. The number of nitrogens with zero attached hydrogens (tertiary/aromatic N) is 1. The fraction of sp³-hybridized carbons (Fsp3) is 0.467. The van der Waals surface area contributed by atoms with Crippen molar-refractivity contribution in [2.24, 2.45) is 22.7 Å². The summed E-state index contributed by atoms with van der Waals surface area (Å²) < 4.78 is 5.69. The first-order valence-corrected chi connectivity index (χ1v) is 6.99. The molecule has 1 saturated heterocycles. The van der Waals surface area contributed by atoms with Crippen LogP contribution in [0, 0.1) is 11.8 Å². The topological polar surface area (TPSA) is 96.9 Å². The molecule has 0 aromatic heterocycles. The van der Waals surface area contributed by atoms with E-state index in [4.69, 9.17) is 15.7 Å². The molecule has 1 aromatic carbocycles. The molecule has 0 radical (unpaired) electrons. The van der Waals surface area contributed by atoms with Gasteiger partial charge in [0.2, 0.25) is 5.91 Å². The van der Waals surface area contributed by atoms with Crippen molar-refractivity contribution in [1.82, 2.24) is 0 Å². The number of amidine groups is 1. The Kier molecular flexibility index (Phi) is 4.47. The summed E-state index contributed by atoms with van der Waals surface area (Å²) >= 11 is 0. The van der Waals surface area contributed by atoms with Crippen LogP contribution in [0.2, 0.25) is 0 Å². The standard InChI is InChI=1S/C15H21N3O3/c1-8-9(2)21-10(3)13(8)15(19)17-12-7-5-4-6-11(12)14(16)18-20/h4-10,13,20H,1-3H3,(H2,16,18)(H,17,19). The number of benzene rings is 1. The molecule has 6 heteroatoms. The number of rotatable bonds is 3. The molecule has 1 aromatic rings. The van der Waals surface area contributed by atoms with Crippen LogP contribution in [0.5, 0.6) is 0 Å². The van der Waals surface area contributed by atoms with Crippen LogP contribution >= 0.6 is 0 Å². The fourth-order valence-electron chi connectivity index (χ4n) is 2.80. The van der Waals surface area contributed by atoms with Gasteiger partial charge in [0.15, 0.2) is 5.84 Å². The smallest absolute Gasteiger partial charge is 0.230 e. The molecule has 21 heavy (non-hydrogen) atoms. The van der Waals surface area contributed by atoms with Crippen LogP contribution in [-0.4, -0.2) is 29.2 Å². The van der Waals surface area contributed by atoms with Gasteiger partial charge in [0.05, 0.1) is 23.8 Å². The van der Waals surface area contributed by atoms with Crippen molar-refractivity contribution in [3.8, 4) is 0 Å². The SMILES string of the molecule is CC1OC(C)C(C(=O)Nc2ccccc2C(N)=NO)C1C. The second-order valence-corrected chi connectivity index (χ2v) is 5.45. The number of ether oxygens (including phenoxy) is 1. The summed E-state index contributed by atoms with van der Waals surface area (Å²) in [6.45, 7) is 5.88. The van der Waals surface area contributed by atoms with Gasteiger partial charge in [-0.15, -0.1) is 0 Å². The molecule has 1 aliphatic heterocycles. The van der Waals surface area contributed by atoms with Crippen molar-refractivity contribution in [2.75, 3.05) is 5.32 Å². The Labute approximate surface area is 124 Å². The Morgan fingerprint density at radius 2 is 1.95 bits per heavy atom. The zero-order chi connectivity index (χ0) is 15.6. The number of para-hydroxylation sites is 1. The van der Waals surface area contributed by atoms with E-state index in [-0.39, 0.29) is 35.8 Å². The maximum absolute atomic E-state index is 12.5. The van der Waals surface area contributed by atoms with E-state index in [1.165, 1.54) is 0 Å². The lowest BCUT2D eigenvalue weighted by atomic mass is 9.88. The van der Waals surface area contributed by atoms with Gasteiger partial charge >= 0.3 is 0 Å². The molecule has 114 valence electrons. The number of anilines is 1. The summed E-state index contributed by atoms with van der Waals surface area (Å²) in [5, 5.41) is 14.7. The monoisotopic (exact) mass is 291 g/mol. The van der Waals surface area contributed by atoms with E-state index in [1.807, 2.05) is 20.8 Å². The molecule has 6 nitrogen and oxygen atoms in total. The summed E-state index contributed by atoms with van der Waals surface area (Å²) in [5.41, 5.74) is 6.64. The lowest BCUT2D eigenvalue weighted by molar-refractivity contribution is -0.121. The van der Waals surface area contributed by atoms with Crippen LogP contribution in [0.4, 0.5) is 5.69 Å². The number of hydrogen-bond acceptors (Lipinski definition) is 4. The Hall–Kier alpha value is -2.08. The number of nitrogens with one attached hydrogen (secondary N) is 1. The van der Waals surface area contributed by atoms with Gasteiger partial charge in [0.1, 0.15) is 0 Å². The molecule has 4 N–H and O–H groups in total. The van der Waals surface area contributed by atoms with E-state index in [0.29, 0.717) is 11.3 Å². The largest absolute Gasteiger partial charge is 0.409 e. The number of oxime groups is 1. The van der Waals surface area contributed by atoms with Gasteiger partial charge in [0.25, 0.3) is 0 Å². The van der Waals surface area contributed by atoms with Crippen LogP contribution in [0.25, 0.3) is 0 Å². The molecule has 4 atom stereocenters. The van der Waals surface area contributed by atoms with Crippen LogP contribution < -0.4 is 11.1 Å². The number of amides is 1. The second-order valence-electron chi connectivity index (χ2n) is 5.45. The van der Waals surface area contributed by atoms with Crippen LogP contribution in [0.15, 0.2) is 29.4 Å². The van der Waals surface area contributed by atoms with Crippen LogP contribution in [-0.2, 0) is 9.53 Å². The third-order valence-corrected chi connectivity index (χ3v) is 4.11. The zero-order valence-electron chi connectivity index (χ0n) is 12.4. The van der Waals surface area contributed by atoms with Gasteiger partial charge in [-0.05, 0) is 31.9 Å². The van der Waals surface area contributed by atoms with E-state index in [1.54, 1.807) is 24.3 Å². The minimum absolute atomic E-state index is 0.0389. The van der Waals surface area contributed by atoms with E-state index < -0.39 is 0 Å². The Bertz CT molecular complexity index is 559. The predicted molar refractivity (Wildman–Crippen MR) is 80.2 cm³/mol. The molecule has 2 rings (SSSR count). The molecule has 1 aliphatic rings. The summed E-state index contributed by atoms with van der Waals surface area (Å²) in [5.74, 6) is -0.239. The van der Waals surface area contributed by atoms with E-state index in [9.17, 15) is 4.79 Å². The van der Waals surface area contributed by atoms with Crippen molar-refractivity contribution in [1.29, 1.82) is 0 Å². The molecule has 0 aliphatic carbocycles.